The lowest BCUT2D eigenvalue weighted by Gasteiger charge is -2.04. The number of para-hydroxylation sites is 2. The summed E-state index contributed by atoms with van der Waals surface area (Å²) in [5.74, 6) is 0.808. The Kier molecular flexibility index (Phi) is 4.01. The van der Waals surface area contributed by atoms with Crippen LogP contribution in [0, 0.1) is 0 Å². The van der Waals surface area contributed by atoms with Crippen molar-refractivity contribution in [2.24, 2.45) is 0 Å². The largest absolute Gasteiger partial charge is 0.338 e. The van der Waals surface area contributed by atoms with Gasteiger partial charge in [0.1, 0.15) is 5.82 Å². The molecule has 0 aliphatic carbocycles. The van der Waals surface area contributed by atoms with Gasteiger partial charge in [-0.2, -0.15) is 0 Å². The second-order valence-corrected chi connectivity index (χ2v) is 5.00. The van der Waals surface area contributed by atoms with Crippen molar-refractivity contribution < 1.29 is 4.79 Å². The van der Waals surface area contributed by atoms with Crippen LogP contribution in [0.4, 0.5) is 5.69 Å². The van der Waals surface area contributed by atoms with Crippen LogP contribution in [0.3, 0.4) is 0 Å². The molecule has 1 aromatic heterocycles. The molecule has 3 aromatic rings. The SMILES string of the molecule is C/C=C\CC(=O)Nc1ccc(-c2nc3ccccc3[nH]2)cc1. The third kappa shape index (κ3) is 3.06. The predicted molar refractivity (Wildman–Crippen MR) is 89.6 cm³/mol. The summed E-state index contributed by atoms with van der Waals surface area (Å²) in [5, 5.41) is 2.86. The van der Waals surface area contributed by atoms with Crippen LogP contribution in [-0.4, -0.2) is 15.9 Å². The van der Waals surface area contributed by atoms with E-state index in [4.69, 9.17) is 0 Å². The summed E-state index contributed by atoms with van der Waals surface area (Å²) in [5.41, 5.74) is 3.74. The molecule has 2 N–H and O–H groups in total. The molecule has 110 valence electrons. The minimum absolute atomic E-state index is 0.0189. The number of aromatic nitrogens is 2. The summed E-state index contributed by atoms with van der Waals surface area (Å²) in [6.07, 6.45) is 4.09. The van der Waals surface area contributed by atoms with Gasteiger partial charge >= 0.3 is 0 Å². The molecule has 1 amide bonds. The number of imidazole rings is 1. The number of fused-ring (bicyclic) bond motifs is 1. The number of nitrogens with one attached hydrogen (secondary N) is 2. The molecule has 0 aliphatic rings. The van der Waals surface area contributed by atoms with Crippen LogP contribution >= 0.6 is 0 Å². The molecule has 0 fully saturated rings. The lowest BCUT2D eigenvalue weighted by atomic mass is 10.2. The van der Waals surface area contributed by atoms with E-state index in [-0.39, 0.29) is 5.91 Å². The fraction of sp³-hybridized carbons (Fsp3) is 0.111. The number of benzene rings is 2. The van der Waals surface area contributed by atoms with Crippen LogP contribution in [0.2, 0.25) is 0 Å². The number of carbonyl (C=O) groups is 1. The average Bonchev–Trinajstić information content (AvgIpc) is 2.97. The molecule has 0 saturated carbocycles. The van der Waals surface area contributed by atoms with Gasteiger partial charge in [0.25, 0.3) is 0 Å². The van der Waals surface area contributed by atoms with E-state index in [0.29, 0.717) is 6.42 Å². The first-order chi connectivity index (χ1) is 10.8. The number of rotatable bonds is 4. The molecular formula is C18H17N3O. The Hall–Kier alpha value is -2.88. The summed E-state index contributed by atoms with van der Waals surface area (Å²) in [4.78, 5) is 19.5. The molecule has 0 bridgehead atoms. The Morgan fingerprint density at radius 3 is 2.68 bits per heavy atom. The van der Waals surface area contributed by atoms with Gasteiger partial charge in [-0.3, -0.25) is 4.79 Å². The number of hydrogen-bond donors (Lipinski definition) is 2. The first kappa shape index (κ1) is 14.1. The minimum Gasteiger partial charge on any atom is -0.338 e. The standard InChI is InChI=1S/C18H17N3O/c1-2-3-8-17(22)19-14-11-9-13(10-12-14)18-20-15-6-4-5-7-16(15)21-18/h2-7,9-12H,8H2,1H3,(H,19,22)(H,20,21)/b3-2-. The molecule has 3 rings (SSSR count). The highest BCUT2D eigenvalue weighted by Crippen LogP contribution is 2.22. The molecule has 4 nitrogen and oxygen atoms in total. The number of allylic oxidation sites excluding steroid dienone is 1. The Morgan fingerprint density at radius 1 is 1.18 bits per heavy atom. The molecule has 2 aromatic carbocycles. The maximum atomic E-state index is 11.7. The van der Waals surface area contributed by atoms with Gasteiger partial charge in [0.2, 0.25) is 5.91 Å². The van der Waals surface area contributed by atoms with Crippen molar-refractivity contribution in [3.8, 4) is 11.4 Å². The van der Waals surface area contributed by atoms with Gasteiger partial charge in [0, 0.05) is 17.7 Å². The van der Waals surface area contributed by atoms with Gasteiger partial charge in [-0.1, -0.05) is 24.3 Å². The number of nitrogens with zero attached hydrogens (tertiary/aromatic N) is 1. The van der Waals surface area contributed by atoms with E-state index in [0.717, 1.165) is 28.1 Å². The highest BCUT2D eigenvalue weighted by Gasteiger charge is 2.05. The topological polar surface area (TPSA) is 57.8 Å². The molecule has 0 saturated heterocycles. The molecular weight excluding hydrogens is 274 g/mol. The number of anilines is 1. The van der Waals surface area contributed by atoms with E-state index in [1.807, 2.05) is 67.6 Å². The highest BCUT2D eigenvalue weighted by atomic mass is 16.1. The van der Waals surface area contributed by atoms with E-state index >= 15 is 0 Å². The normalized spacial score (nSPS) is 11.1. The van der Waals surface area contributed by atoms with Crippen molar-refractivity contribution in [3.63, 3.8) is 0 Å². The Morgan fingerprint density at radius 2 is 1.95 bits per heavy atom. The van der Waals surface area contributed by atoms with Crippen molar-refractivity contribution in [3.05, 3.63) is 60.7 Å². The van der Waals surface area contributed by atoms with Gasteiger partial charge in [-0.05, 0) is 43.3 Å². The summed E-state index contributed by atoms with van der Waals surface area (Å²) in [6.45, 7) is 1.90. The summed E-state index contributed by atoms with van der Waals surface area (Å²) >= 11 is 0. The molecule has 4 heteroatoms. The van der Waals surface area contributed by atoms with Crippen molar-refractivity contribution in [1.29, 1.82) is 0 Å². The average molecular weight is 291 g/mol. The number of carbonyl (C=O) groups excluding carboxylic acids is 1. The molecule has 0 spiro atoms. The quantitative estimate of drug-likeness (QED) is 0.710. The smallest absolute Gasteiger partial charge is 0.228 e. The van der Waals surface area contributed by atoms with Crippen LogP contribution in [0.25, 0.3) is 22.4 Å². The number of amides is 1. The van der Waals surface area contributed by atoms with Crippen molar-refractivity contribution in [1.82, 2.24) is 9.97 Å². The van der Waals surface area contributed by atoms with Crippen LogP contribution in [0.1, 0.15) is 13.3 Å². The van der Waals surface area contributed by atoms with Gasteiger partial charge < -0.3 is 10.3 Å². The zero-order valence-electron chi connectivity index (χ0n) is 12.3. The van der Waals surface area contributed by atoms with E-state index in [1.165, 1.54) is 0 Å². The second-order valence-electron chi connectivity index (χ2n) is 5.00. The maximum Gasteiger partial charge on any atom is 0.228 e. The van der Waals surface area contributed by atoms with Crippen molar-refractivity contribution in [2.75, 3.05) is 5.32 Å². The van der Waals surface area contributed by atoms with E-state index in [1.54, 1.807) is 0 Å². The predicted octanol–water partition coefficient (Wildman–Crippen LogP) is 4.13. The Balaban J connectivity index is 1.77. The molecule has 0 unspecified atom stereocenters. The fourth-order valence-corrected chi connectivity index (χ4v) is 2.24. The number of H-pyrrole nitrogens is 1. The minimum atomic E-state index is -0.0189. The Labute approximate surface area is 128 Å². The fourth-order valence-electron chi connectivity index (χ4n) is 2.24. The lowest BCUT2D eigenvalue weighted by Crippen LogP contribution is -2.09. The summed E-state index contributed by atoms with van der Waals surface area (Å²) < 4.78 is 0. The third-order valence-corrected chi connectivity index (χ3v) is 3.37. The Bertz CT molecular complexity index is 783. The molecule has 0 radical (unpaired) electrons. The number of aromatic amines is 1. The van der Waals surface area contributed by atoms with E-state index in [2.05, 4.69) is 15.3 Å². The van der Waals surface area contributed by atoms with Crippen LogP contribution in [0.5, 0.6) is 0 Å². The molecule has 1 heterocycles. The zero-order valence-corrected chi connectivity index (χ0v) is 12.3. The summed E-state index contributed by atoms with van der Waals surface area (Å²) in [6, 6.07) is 15.6. The first-order valence-corrected chi connectivity index (χ1v) is 7.22. The van der Waals surface area contributed by atoms with E-state index in [9.17, 15) is 4.79 Å². The molecule has 22 heavy (non-hydrogen) atoms. The first-order valence-electron chi connectivity index (χ1n) is 7.22. The molecule has 0 aliphatic heterocycles. The van der Waals surface area contributed by atoms with Crippen molar-refractivity contribution >= 4 is 22.6 Å². The van der Waals surface area contributed by atoms with Gasteiger partial charge in [-0.15, -0.1) is 0 Å². The number of hydrogen-bond acceptors (Lipinski definition) is 2. The third-order valence-electron chi connectivity index (χ3n) is 3.37. The van der Waals surface area contributed by atoms with Crippen molar-refractivity contribution in [2.45, 2.75) is 13.3 Å². The van der Waals surface area contributed by atoms with Crippen LogP contribution < -0.4 is 5.32 Å². The zero-order chi connectivity index (χ0) is 15.4. The highest BCUT2D eigenvalue weighted by molar-refractivity contribution is 5.92. The van der Waals surface area contributed by atoms with Gasteiger partial charge in [-0.25, -0.2) is 4.98 Å². The van der Waals surface area contributed by atoms with Crippen LogP contribution in [0.15, 0.2) is 60.7 Å². The van der Waals surface area contributed by atoms with E-state index < -0.39 is 0 Å². The van der Waals surface area contributed by atoms with Gasteiger partial charge in [0.15, 0.2) is 0 Å². The summed E-state index contributed by atoms with van der Waals surface area (Å²) in [7, 11) is 0. The van der Waals surface area contributed by atoms with Crippen LogP contribution in [-0.2, 0) is 4.79 Å². The van der Waals surface area contributed by atoms with Gasteiger partial charge in [0.05, 0.1) is 11.0 Å². The lowest BCUT2D eigenvalue weighted by molar-refractivity contribution is -0.115. The second kappa shape index (κ2) is 6.26. The monoisotopic (exact) mass is 291 g/mol. The molecule has 0 atom stereocenters. The maximum absolute atomic E-state index is 11.7.